The molecule has 1 nitrogen and oxygen atoms in total. The summed E-state index contributed by atoms with van der Waals surface area (Å²) in [5.74, 6) is 0. The topological polar surface area (TPSA) is 13.1 Å². The van der Waals surface area contributed by atoms with Crippen LogP contribution >= 0.6 is 0 Å². The maximum atomic E-state index is 9.31. The van der Waals surface area contributed by atoms with Gasteiger partial charge in [-0.1, -0.05) is 145 Å². The molecule has 9 rings (SSSR count). The van der Waals surface area contributed by atoms with Crippen molar-refractivity contribution >= 4 is 54.3 Å². The number of furan rings is 1. The highest BCUT2D eigenvalue weighted by Crippen LogP contribution is 2.48. The van der Waals surface area contributed by atoms with Crippen LogP contribution in [0.2, 0.25) is 0 Å². The monoisotopic (exact) mass is 554 g/mol. The summed E-state index contributed by atoms with van der Waals surface area (Å²) < 4.78 is 77.5. The van der Waals surface area contributed by atoms with Gasteiger partial charge in [-0.15, -0.1) is 0 Å². The Labute approximate surface area is 260 Å². The number of benzene rings is 8. The molecule has 0 saturated heterocycles. The minimum atomic E-state index is -0.436. The van der Waals surface area contributed by atoms with E-state index in [0.29, 0.717) is 27.6 Å². The summed E-state index contributed by atoms with van der Waals surface area (Å²) in [7, 11) is 0. The van der Waals surface area contributed by atoms with Gasteiger partial charge in [0.05, 0.1) is 11.0 Å². The van der Waals surface area contributed by atoms with E-state index in [-0.39, 0.29) is 51.5 Å². The highest BCUT2D eigenvalue weighted by Gasteiger charge is 2.22. The number of para-hydroxylation sites is 1. The Kier molecular flexibility index (Phi) is 3.80. The standard InChI is InChI=1S/C42H26O/c1-2-12-31-26-32(25-20-27(31)10-1)40-36-16-6-5-15-35(36)39(41-37-17-7-8-19-38(37)43-42(40)41)30-23-21-29(22-24-30)34-18-9-13-28-11-3-4-14-33(28)34/h1-26H/i5D,6D,7D,8D,15D,16D,17D,19D. The summed E-state index contributed by atoms with van der Waals surface area (Å²) in [6, 6.07) is 32.7. The second-order valence-electron chi connectivity index (χ2n) is 10.7. The van der Waals surface area contributed by atoms with Crippen LogP contribution < -0.4 is 0 Å². The van der Waals surface area contributed by atoms with Crippen LogP contribution in [0.5, 0.6) is 0 Å². The second-order valence-corrected chi connectivity index (χ2v) is 10.7. The fourth-order valence-corrected chi connectivity index (χ4v) is 6.36. The molecule has 1 heterocycles. The molecule has 0 aliphatic rings. The molecule has 1 aromatic heterocycles. The first kappa shape index (κ1) is 17.3. The maximum absolute atomic E-state index is 9.31. The summed E-state index contributed by atoms with van der Waals surface area (Å²) in [5, 5.41) is 5.07. The molecule has 0 radical (unpaired) electrons. The van der Waals surface area contributed by atoms with Crippen LogP contribution in [0.15, 0.2) is 162 Å². The minimum absolute atomic E-state index is 0.0442. The first-order chi connectivity index (χ1) is 24.7. The Morgan fingerprint density at radius 2 is 1.07 bits per heavy atom. The van der Waals surface area contributed by atoms with Crippen molar-refractivity contribution < 1.29 is 15.4 Å². The van der Waals surface area contributed by atoms with Gasteiger partial charge in [0.1, 0.15) is 11.2 Å². The molecule has 0 amide bonds. The van der Waals surface area contributed by atoms with Gasteiger partial charge < -0.3 is 4.42 Å². The van der Waals surface area contributed by atoms with Gasteiger partial charge in [-0.25, -0.2) is 0 Å². The van der Waals surface area contributed by atoms with E-state index >= 15 is 0 Å². The van der Waals surface area contributed by atoms with E-state index in [1.54, 1.807) is 0 Å². The summed E-state index contributed by atoms with van der Waals surface area (Å²) in [6.07, 6.45) is 0. The zero-order valence-electron chi connectivity index (χ0n) is 30.8. The van der Waals surface area contributed by atoms with E-state index in [1.807, 2.05) is 84.9 Å². The third-order valence-corrected chi connectivity index (χ3v) is 8.31. The predicted octanol–water partition coefficient (Wildman–Crippen LogP) is 12.0. The molecule has 1 heteroatoms. The molecule has 0 aliphatic heterocycles. The number of hydrogen-bond donors (Lipinski definition) is 0. The Morgan fingerprint density at radius 1 is 0.442 bits per heavy atom. The fraction of sp³-hybridized carbons (Fsp3) is 0. The van der Waals surface area contributed by atoms with Gasteiger partial charge in [0.2, 0.25) is 0 Å². The van der Waals surface area contributed by atoms with Crippen molar-refractivity contribution in [2.75, 3.05) is 0 Å². The van der Waals surface area contributed by atoms with E-state index in [9.17, 15) is 2.74 Å². The molecule has 0 N–H and O–H groups in total. The van der Waals surface area contributed by atoms with E-state index < -0.39 is 24.2 Å². The lowest BCUT2D eigenvalue weighted by Gasteiger charge is -2.15. The summed E-state index contributed by atoms with van der Waals surface area (Å²) in [5.41, 5.74) is 4.19. The third kappa shape index (κ3) is 3.72. The van der Waals surface area contributed by atoms with Crippen LogP contribution in [0.25, 0.3) is 87.6 Å². The van der Waals surface area contributed by atoms with E-state index in [4.69, 9.17) is 12.6 Å². The van der Waals surface area contributed by atoms with Crippen molar-refractivity contribution in [1.29, 1.82) is 0 Å². The fourth-order valence-electron chi connectivity index (χ4n) is 6.36. The molecular formula is C42H26O. The Balaban J connectivity index is 1.47. The van der Waals surface area contributed by atoms with Crippen LogP contribution in [0, 0.1) is 0 Å². The molecule has 0 unspecified atom stereocenters. The quantitative estimate of drug-likeness (QED) is 0.212. The van der Waals surface area contributed by atoms with Crippen molar-refractivity contribution in [2.24, 2.45) is 0 Å². The van der Waals surface area contributed by atoms with E-state index in [2.05, 4.69) is 24.3 Å². The number of rotatable bonds is 3. The van der Waals surface area contributed by atoms with Crippen molar-refractivity contribution in [3.63, 3.8) is 0 Å². The van der Waals surface area contributed by atoms with Crippen molar-refractivity contribution in [3.8, 4) is 33.4 Å². The Morgan fingerprint density at radius 3 is 1.91 bits per heavy atom. The van der Waals surface area contributed by atoms with Crippen LogP contribution in [0.1, 0.15) is 11.0 Å². The third-order valence-electron chi connectivity index (χ3n) is 8.31. The lowest BCUT2D eigenvalue weighted by Crippen LogP contribution is -1.90. The van der Waals surface area contributed by atoms with Gasteiger partial charge in [-0.05, 0) is 66.7 Å². The van der Waals surface area contributed by atoms with Crippen molar-refractivity contribution in [1.82, 2.24) is 0 Å². The molecule has 0 atom stereocenters. The first-order valence-electron chi connectivity index (χ1n) is 18.1. The number of fused-ring (bicyclic) bond motifs is 6. The summed E-state index contributed by atoms with van der Waals surface area (Å²) in [6.45, 7) is 0. The van der Waals surface area contributed by atoms with E-state index in [0.717, 1.165) is 32.7 Å². The summed E-state index contributed by atoms with van der Waals surface area (Å²) >= 11 is 0. The van der Waals surface area contributed by atoms with Gasteiger partial charge in [0.25, 0.3) is 0 Å². The van der Waals surface area contributed by atoms with E-state index in [1.165, 1.54) is 0 Å². The van der Waals surface area contributed by atoms with Gasteiger partial charge >= 0.3 is 0 Å². The van der Waals surface area contributed by atoms with Gasteiger partial charge in [-0.3, -0.25) is 0 Å². The molecule has 43 heavy (non-hydrogen) atoms. The largest absolute Gasteiger partial charge is 0.455 e. The maximum Gasteiger partial charge on any atom is 0.144 e. The Hall–Kier alpha value is -5.66. The predicted molar refractivity (Wildman–Crippen MR) is 183 cm³/mol. The average molecular weight is 555 g/mol. The SMILES string of the molecule is [2H]c1c([2H])c([2H])c2c(oc3c(-c4ccc5ccccc5c4)c4c([2H])c([2H])c([2H])c([2H])c4c(-c4ccc(-c5cccc6ccccc56)cc4)c32)c1[2H]. The average Bonchev–Trinajstić information content (AvgIpc) is 3.56. The van der Waals surface area contributed by atoms with Crippen molar-refractivity contribution in [3.05, 3.63) is 158 Å². The smallest absolute Gasteiger partial charge is 0.144 e. The van der Waals surface area contributed by atoms with Crippen LogP contribution in [-0.2, 0) is 0 Å². The molecular weight excluding hydrogens is 520 g/mol. The molecule has 0 spiro atoms. The normalized spacial score (nSPS) is 14.3. The van der Waals surface area contributed by atoms with Crippen LogP contribution in [-0.4, -0.2) is 0 Å². The summed E-state index contributed by atoms with van der Waals surface area (Å²) in [4.78, 5) is 0. The highest BCUT2D eigenvalue weighted by atomic mass is 16.3. The molecule has 200 valence electrons. The first-order valence-corrected chi connectivity index (χ1v) is 14.1. The molecule has 8 aromatic carbocycles. The molecule has 0 aliphatic carbocycles. The molecule has 0 fully saturated rings. The van der Waals surface area contributed by atoms with Gasteiger partial charge in [-0.2, -0.15) is 0 Å². The molecule has 0 saturated carbocycles. The zero-order chi connectivity index (χ0) is 35.3. The lowest BCUT2D eigenvalue weighted by atomic mass is 9.87. The van der Waals surface area contributed by atoms with Gasteiger partial charge in [0.15, 0.2) is 0 Å². The highest BCUT2D eigenvalue weighted by molar-refractivity contribution is 6.26. The number of hydrogen-bond acceptors (Lipinski definition) is 1. The van der Waals surface area contributed by atoms with Crippen LogP contribution in [0.3, 0.4) is 0 Å². The minimum Gasteiger partial charge on any atom is -0.455 e. The van der Waals surface area contributed by atoms with Crippen molar-refractivity contribution in [2.45, 2.75) is 0 Å². The molecule has 0 bridgehead atoms. The lowest BCUT2D eigenvalue weighted by molar-refractivity contribution is 0.670. The molecule has 9 aromatic rings. The van der Waals surface area contributed by atoms with Gasteiger partial charge in [0, 0.05) is 21.9 Å². The second kappa shape index (κ2) is 9.44. The zero-order valence-corrected chi connectivity index (χ0v) is 22.8. The Bertz CT molecular complexity index is 2940. The van der Waals surface area contributed by atoms with Crippen LogP contribution in [0.4, 0.5) is 0 Å².